The zero-order chi connectivity index (χ0) is 3.54. The largest absolute Gasteiger partial charge is 0.381 e. The molecule has 0 aromatic heterocycles. The molecule has 0 N–H and O–H groups in total. The van der Waals surface area contributed by atoms with Crippen molar-refractivity contribution in [2.45, 2.75) is 27.7 Å². The van der Waals surface area contributed by atoms with Gasteiger partial charge in [0.2, 0.25) is 0 Å². The molecule has 0 unspecified atom stereocenters. The minimum atomic E-state index is 0. The number of ether oxygens (including phenoxy) is 1. The molecule has 0 aliphatic carbocycles. The van der Waals surface area contributed by atoms with Gasteiger partial charge in [0.15, 0.2) is 0 Å². The Bertz CT molecular complexity index is 15.8. The molecule has 0 aromatic rings. The normalized spacial score (nSPS) is 17.1. The highest BCUT2D eigenvalue weighted by molar-refractivity contribution is 4.43. The van der Waals surface area contributed by atoms with Gasteiger partial charge in [-0.2, -0.15) is 0 Å². The van der Waals surface area contributed by atoms with Crippen LogP contribution in [0.15, 0.2) is 0 Å². The molecule has 7 heavy (non-hydrogen) atoms. The fourth-order valence-corrected chi connectivity index (χ4v) is 0.510. The van der Waals surface area contributed by atoms with Crippen LogP contribution in [-0.2, 0) is 4.74 Å². The lowest BCUT2D eigenvalue weighted by Crippen LogP contribution is -1.74. The average molecular weight is 104 g/mol. The van der Waals surface area contributed by atoms with Crippen LogP contribution in [0, 0.1) is 0 Å². The number of hydrogen-bond acceptors (Lipinski definition) is 1. The molecule has 1 rings (SSSR count). The van der Waals surface area contributed by atoms with Crippen molar-refractivity contribution < 1.29 is 4.74 Å². The first kappa shape index (κ1) is 10.0. The summed E-state index contributed by atoms with van der Waals surface area (Å²) in [4.78, 5) is 0. The lowest BCUT2D eigenvalue weighted by atomic mass is 10.4. The first-order valence-corrected chi connectivity index (χ1v) is 2.08. The molecule has 0 atom stereocenters. The smallest absolute Gasteiger partial charge is 0.0466 e. The minimum absolute atomic E-state index is 0. The fraction of sp³-hybridized carbons (Fsp3) is 1.00. The zero-order valence-corrected chi connectivity index (χ0v) is 3.24. The Hall–Kier alpha value is -0.0400. The van der Waals surface area contributed by atoms with Gasteiger partial charge in [-0.3, -0.25) is 0 Å². The second kappa shape index (κ2) is 5.96. The van der Waals surface area contributed by atoms with Crippen LogP contribution in [0.3, 0.4) is 0 Å². The summed E-state index contributed by atoms with van der Waals surface area (Å²) in [6.07, 6.45) is 2.56. The quantitative estimate of drug-likeness (QED) is 0.457. The lowest BCUT2D eigenvalue weighted by Gasteiger charge is -1.76. The highest BCUT2D eigenvalue weighted by Gasteiger charge is 1.94. The van der Waals surface area contributed by atoms with Crippen LogP contribution in [0.5, 0.6) is 0 Å². The average Bonchev–Trinajstić information content (AvgIpc) is 1.76. The van der Waals surface area contributed by atoms with Crippen molar-refractivity contribution in [1.29, 1.82) is 0 Å². The van der Waals surface area contributed by atoms with Crippen molar-refractivity contribution in [3.05, 3.63) is 0 Å². The second-order valence-electron chi connectivity index (χ2n) is 1.32. The Morgan fingerprint density at radius 3 is 1.43 bits per heavy atom. The summed E-state index contributed by atoms with van der Waals surface area (Å²) in [5, 5.41) is 0. The van der Waals surface area contributed by atoms with Crippen molar-refractivity contribution >= 4 is 0 Å². The molecule has 0 saturated carbocycles. The molecule has 0 bridgehead atoms. The lowest BCUT2D eigenvalue weighted by molar-refractivity contribution is 0.198. The minimum Gasteiger partial charge on any atom is -0.381 e. The van der Waals surface area contributed by atoms with E-state index in [1.165, 1.54) is 12.8 Å². The first-order chi connectivity index (χ1) is 2.50. The summed E-state index contributed by atoms with van der Waals surface area (Å²) in [6, 6.07) is 0. The highest BCUT2D eigenvalue weighted by atomic mass is 16.5. The molecule has 1 nitrogen and oxygen atoms in total. The van der Waals surface area contributed by atoms with E-state index in [2.05, 4.69) is 0 Å². The van der Waals surface area contributed by atoms with Crippen LogP contribution in [0.25, 0.3) is 0 Å². The number of rotatable bonds is 0. The Kier molecular flexibility index (Phi) is 8.56. The third-order valence-electron chi connectivity index (χ3n) is 0.827. The maximum Gasteiger partial charge on any atom is 0.0466 e. The van der Waals surface area contributed by atoms with E-state index < -0.39 is 0 Å². The van der Waals surface area contributed by atoms with Crippen LogP contribution < -0.4 is 0 Å². The predicted octanol–water partition coefficient (Wildman–Crippen LogP) is 2.07. The monoisotopic (exact) mass is 104 g/mol. The van der Waals surface area contributed by atoms with Gasteiger partial charge in [0.25, 0.3) is 0 Å². The third-order valence-corrected chi connectivity index (χ3v) is 0.827. The van der Waals surface area contributed by atoms with E-state index in [4.69, 9.17) is 4.74 Å². The SMILES string of the molecule is C.C.C1CCOC1. The first-order valence-electron chi connectivity index (χ1n) is 2.08. The molecule has 0 aromatic carbocycles. The van der Waals surface area contributed by atoms with Gasteiger partial charge >= 0.3 is 0 Å². The van der Waals surface area contributed by atoms with Gasteiger partial charge in [-0.15, -0.1) is 0 Å². The zero-order valence-electron chi connectivity index (χ0n) is 3.24. The molecular formula is C6H16O. The Morgan fingerprint density at radius 2 is 1.29 bits per heavy atom. The van der Waals surface area contributed by atoms with Gasteiger partial charge in [-0.05, 0) is 12.8 Å². The van der Waals surface area contributed by atoms with Crippen molar-refractivity contribution in [3.8, 4) is 0 Å². The molecule has 1 heteroatoms. The van der Waals surface area contributed by atoms with E-state index in [1.54, 1.807) is 0 Å². The van der Waals surface area contributed by atoms with Crippen molar-refractivity contribution in [2.75, 3.05) is 13.2 Å². The molecule has 1 fully saturated rings. The van der Waals surface area contributed by atoms with Gasteiger partial charge in [0.05, 0.1) is 0 Å². The van der Waals surface area contributed by atoms with Crippen LogP contribution >= 0.6 is 0 Å². The standard InChI is InChI=1S/C4H8O.2CH4/c1-2-4-5-3-1;;/h1-4H2;2*1H4. The summed E-state index contributed by atoms with van der Waals surface area (Å²) < 4.78 is 4.94. The molecule has 46 valence electrons. The Labute approximate surface area is 46.7 Å². The van der Waals surface area contributed by atoms with E-state index in [1.807, 2.05) is 0 Å². The van der Waals surface area contributed by atoms with Crippen molar-refractivity contribution in [3.63, 3.8) is 0 Å². The van der Waals surface area contributed by atoms with Gasteiger partial charge < -0.3 is 4.74 Å². The number of hydrogen-bond donors (Lipinski definition) is 0. The van der Waals surface area contributed by atoms with E-state index in [-0.39, 0.29) is 14.9 Å². The van der Waals surface area contributed by atoms with Crippen LogP contribution in [-0.4, -0.2) is 13.2 Å². The Balaban J connectivity index is 0. The predicted molar refractivity (Wildman–Crippen MR) is 33.5 cm³/mol. The molecule has 1 heterocycles. The topological polar surface area (TPSA) is 9.23 Å². The summed E-state index contributed by atoms with van der Waals surface area (Å²) >= 11 is 0. The van der Waals surface area contributed by atoms with E-state index in [0.717, 1.165) is 13.2 Å². The van der Waals surface area contributed by atoms with Crippen LogP contribution in [0.2, 0.25) is 0 Å². The van der Waals surface area contributed by atoms with Crippen LogP contribution in [0.4, 0.5) is 0 Å². The van der Waals surface area contributed by atoms with Crippen molar-refractivity contribution in [1.82, 2.24) is 0 Å². The molecule has 1 aliphatic rings. The summed E-state index contributed by atoms with van der Waals surface area (Å²) in [6.45, 7) is 2.00. The van der Waals surface area contributed by atoms with E-state index in [9.17, 15) is 0 Å². The third kappa shape index (κ3) is 3.80. The maximum absolute atomic E-state index is 4.94. The molecule has 1 aliphatic heterocycles. The van der Waals surface area contributed by atoms with Gasteiger partial charge in [0.1, 0.15) is 0 Å². The van der Waals surface area contributed by atoms with Crippen molar-refractivity contribution in [2.24, 2.45) is 0 Å². The summed E-state index contributed by atoms with van der Waals surface area (Å²) in [5.41, 5.74) is 0. The molecule has 0 amide bonds. The molecule has 0 spiro atoms. The van der Waals surface area contributed by atoms with Crippen LogP contribution in [0.1, 0.15) is 27.7 Å². The highest BCUT2D eigenvalue weighted by Crippen LogP contribution is 1.98. The fourth-order valence-electron chi connectivity index (χ4n) is 0.510. The van der Waals surface area contributed by atoms with Gasteiger partial charge in [-0.25, -0.2) is 0 Å². The molecular weight excluding hydrogens is 88.1 g/mol. The van der Waals surface area contributed by atoms with Gasteiger partial charge in [0, 0.05) is 13.2 Å². The van der Waals surface area contributed by atoms with E-state index >= 15 is 0 Å². The summed E-state index contributed by atoms with van der Waals surface area (Å²) in [5.74, 6) is 0. The van der Waals surface area contributed by atoms with E-state index in [0.29, 0.717) is 0 Å². The Morgan fingerprint density at radius 1 is 0.857 bits per heavy atom. The summed E-state index contributed by atoms with van der Waals surface area (Å²) in [7, 11) is 0. The molecule has 0 radical (unpaired) electrons. The maximum atomic E-state index is 4.94. The molecule has 1 saturated heterocycles. The van der Waals surface area contributed by atoms with Gasteiger partial charge in [-0.1, -0.05) is 14.9 Å². The second-order valence-corrected chi connectivity index (χ2v) is 1.32.